The minimum atomic E-state index is -0.492. The van der Waals surface area contributed by atoms with Crippen LogP contribution in [0, 0.1) is 19.8 Å². The smallest absolute Gasteiger partial charge is 0.226 e. The van der Waals surface area contributed by atoms with Crippen molar-refractivity contribution in [3.63, 3.8) is 0 Å². The summed E-state index contributed by atoms with van der Waals surface area (Å²) in [6, 6.07) is 9.66. The lowest BCUT2D eigenvalue weighted by atomic mass is 9.98. The Kier molecular flexibility index (Phi) is 5.28. The van der Waals surface area contributed by atoms with Gasteiger partial charge < -0.3 is 9.64 Å². The van der Waals surface area contributed by atoms with Gasteiger partial charge in [-0.25, -0.2) is 15.0 Å². The molecular weight excluding hydrogens is 367 g/mol. The van der Waals surface area contributed by atoms with Gasteiger partial charge in [0.15, 0.2) is 0 Å². The van der Waals surface area contributed by atoms with Gasteiger partial charge in [-0.3, -0.25) is 0 Å². The Morgan fingerprint density at radius 3 is 2.41 bits per heavy atom. The van der Waals surface area contributed by atoms with Gasteiger partial charge in [-0.15, -0.1) is 0 Å². The molecular formula is C23H25FN4O. The lowest BCUT2D eigenvalue weighted by Crippen LogP contribution is -2.46. The van der Waals surface area contributed by atoms with Crippen molar-refractivity contribution in [2.24, 2.45) is 0 Å². The second-order valence-corrected chi connectivity index (χ2v) is 7.79. The van der Waals surface area contributed by atoms with Gasteiger partial charge in [-0.2, -0.15) is 4.39 Å². The Labute approximate surface area is 170 Å². The van der Waals surface area contributed by atoms with Crippen LogP contribution < -0.4 is 4.90 Å². The molecule has 0 saturated carbocycles. The molecule has 1 aromatic carbocycles. The third-order valence-electron chi connectivity index (χ3n) is 5.14. The van der Waals surface area contributed by atoms with Crippen LogP contribution in [0.15, 0.2) is 42.7 Å². The fourth-order valence-electron chi connectivity index (χ4n) is 3.86. The molecule has 0 bridgehead atoms. The molecule has 0 amide bonds. The number of hydrogen-bond donors (Lipinski definition) is 0. The zero-order valence-corrected chi connectivity index (χ0v) is 17.2. The van der Waals surface area contributed by atoms with Crippen LogP contribution in [0.2, 0.25) is 0 Å². The van der Waals surface area contributed by atoms with Gasteiger partial charge in [0.05, 0.1) is 17.9 Å². The van der Waals surface area contributed by atoms with E-state index >= 15 is 0 Å². The van der Waals surface area contributed by atoms with Gasteiger partial charge in [0.2, 0.25) is 11.9 Å². The van der Waals surface area contributed by atoms with Gasteiger partial charge >= 0.3 is 0 Å². The van der Waals surface area contributed by atoms with Gasteiger partial charge in [0.1, 0.15) is 0 Å². The molecule has 1 aliphatic heterocycles. The quantitative estimate of drug-likeness (QED) is 0.611. The lowest BCUT2D eigenvalue weighted by Gasteiger charge is -2.35. The molecule has 1 aliphatic rings. The molecule has 5 nitrogen and oxygen atoms in total. The summed E-state index contributed by atoms with van der Waals surface area (Å²) >= 11 is 0. The molecule has 1 fully saturated rings. The topological polar surface area (TPSA) is 51.1 Å². The van der Waals surface area contributed by atoms with Gasteiger partial charge in [0, 0.05) is 36.6 Å². The normalized spacial score (nSPS) is 19.4. The first-order valence-corrected chi connectivity index (χ1v) is 9.87. The van der Waals surface area contributed by atoms with Crippen molar-refractivity contribution in [2.45, 2.75) is 39.9 Å². The van der Waals surface area contributed by atoms with Crippen molar-refractivity contribution >= 4 is 5.95 Å². The van der Waals surface area contributed by atoms with Crippen molar-refractivity contribution in [2.75, 3.05) is 18.0 Å². The highest BCUT2D eigenvalue weighted by molar-refractivity contribution is 5.82. The van der Waals surface area contributed by atoms with E-state index in [0.717, 1.165) is 46.6 Å². The predicted molar refractivity (Wildman–Crippen MR) is 112 cm³/mol. The van der Waals surface area contributed by atoms with Gasteiger partial charge in [-0.1, -0.05) is 29.8 Å². The molecule has 0 N–H and O–H groups in total. The largest absolute Gasteiger partial charge is 0.372 e. The van der Waals surface area contributed by atoms with Crippen LogP contribution in [-0.4, -0.2) is 40.2 Å². The van der Waals surface area contributed by atoms with Crippen molar-refractivity contribution in [1.29, 1.82) is 0 Å². The summed E-state index contributed by atoms with van der Waals surface area (Å²) in [5.41, 5.74) is 5.45. The number of morpholine rings is 1. The molecule has 2 aromatic heterocycles. The molecule has 29 heavy (non-hydrogen) atoms. The van der Waals surface area contributed by atoms with Gasteiger partial charge in [-0.05, 0) is 44.9 Å². The van der Waals surface area contributed by atoms with E-state index in [-0.39, 0.29) is 12.2 Å². The molecule has 0 aliphatic carbocycles. The van der Waals surface area contributed by atoms with Crippen molar-refractivity contribution in [3.05, 3.63) is 59.8 Å². The molecule has 6 heteroatoms. The predicted octanol–water partition coefficient (Wildman–Crippen LogP) is 4.58. The lowest BCUT2D eigenvalue weighted by molar-refractivity contribution is -0.00571. The maximum atomic E-state index is 13.6. The second-order valence-electron chi connectivity index (χ2n) is 7.79. The van der Waals surface area contributed by atoms with Crippen LogP contribution in [0.4, 0.5) is 10.3 Å². The number of anilines is 1. The molecule has 3 aromatic rings. The number of halogens is 1. The second kappa shape index (κ2) is 7.87. The van der Waals surface area contributed by atoms with E-state index in [1.807, 2.05) is 25.3 Å². The molecule has 1 saturated heterocycles. The first kappa shape index (κ1) is 19.5. The van der Waals surface area contributed by atoms with E-state index in [1.54, 1.807) is 6.20 Å². The molecule has 4 rings (SSSR count). The minimum absolute atomic E-state index is 0.108. The average Bonchev–Trinajstić information content (AvgIpc) is 2.67. The van der Waals surface area contributed by atoms with E-state index in [1.165, 1.54) is 6.07 Å². The minimum Gasteiger partial charge on any atom is -0.372 e. The summed E-state index contributed by atoms with van der Waals surface area (Å²) in [6.07, 6.45) is 3.63. The van der Waals surface area contributed by atoms with E-state index in [4.69, 9.17) is 9.72 Å². The molecule has 0 spiro atoms. The molecule has 0 radical (unpaired) electrons. The highest BCUT2D eigenvalue weighted by Crippen LogP contribution is 2.33. The number of nitrogens with zero attached hydrogens (tertiary/aromatic N) is 4. The Bertz CT molecular complexity index is 1030. The number of ether oxygens (including phenoxy) is 1. The summed E-state index contributed by atoms with van der Waals surface area (Å²) in [5.74, 6) is 0.163. The third-order valence-corrected chi connectivity index (χ3v) is 5.14. The Morgan fingerprint density at radius 1 is 1.00 bits per heavy atom. The SMILES string of the molecule is Cc1cccc(-c2cnc(N3C[C@@H](C)O[C@@H](C)C3)nc2-c2cnc(F)cc2C)c1. The number of pyridine rings is 1. The first-order chi connectivity index (χ1) is 13.9. The summed E-state index contributed by atoms with van der Waals surface area (Å²) in [4.78, 5) is 15.6. The number of benzene rings is 1. The highest BCUT2D eigenvalue weighted by Gasteiger charge is 2.25. The summed E-state index contributed by atoms with van der Waals surface area (Å²) in [6.45, 7) is 9.50. The molecule has 0 unspecified atom stereocenters. The zero-order chi connectivity index (χ0) is 20.5. The fraction of sp³-hybridized carbons (Fsp3) is 0.348. The fourth-order valence-corrected chi connectivity index (χ4v) is 3.86. The van der Waals surface area contributed by atoms with Crippen molar-refractivity contribution in [1.82, 2.24) is 15.0 Å². The summed E-state index contributed by atoms with van der Waals surface area (Å²) in [7, 11) is 0. The van der Waals surface area contributed by atoms with Crippen LogP contribution in [-0.2, 0) is 4.74 Å². The van der Waals surface area contributed by atoms with Crippen LogP contribution in [0.1, 0.15) is 25.0 Å². The van der Waals surface area contributed by atoms with E-state index < -0.39 is 5.95 Å². The summed E-state index contributed by atoms with van der Waals surface area (Å²) < 4.78 is 19.5. The maximum absolute atomic E-state index is 13.6. The zero-order valence-electron chi connectivity index (χ0n) is 17.2. The van der Waals surface area contributed by atoms with Crippen molar-refractivity contribution in [3.8, 4) is 22.4 Å². The molecule has 3 heterocycles. The first-order valence-electron chi connectivity index (χ1n) is 9.87. The van der Waals surface area contributed by atoms with E-state index in [0.29, 0.717) is 5.95 Å². The van der Waals surface area contributed by atoms with Crippen LogP contribution in [0.25, 0.3) is 22.4 Å². The van der Waals surface area contributed by atoms with E-state index in [2.05, 4.69) is 47.8 Å². The standard InChI is InChI=1S/C23H25FN4O/c1-14-6-5-7-18(8-14)20-11-26-23(28-12-16(3)29-17(4)13-28)27-22(20)19-10-25-21(24)9-15(19)2/h5-11,16-17H,12-13H2,1-4H3/t16-,17+. The maximum Gasteiger partial charge on any atom is 0.226 e. The van der Waals surface area contributed by atoms with Crippen LogP contribution in [0.5, 0.6) is 0 Å². The monoisotopic (exact) mass is 392 g/mol. The highest BCUT2D eigenvalue weighted by atomic mass is 19.1. The van der Waals surface area contributed by atoms with Crippen LogP contribution >= 0.6 is 0 Å². The Hall–Kier alpha value is -2.86. The molecule has 2 atom stereocenters. The summed E-state index contributed by atoms with van der Waals surface area (Å²) in [5, 5.41) is 0. The number of aromatic nitrogens is 3. The third kappa shape index (κ3) is 4.12. The Morgan fingerprint density at radius 2 is 1.72 bits per heavy atom. The Balaban J connectivity index is 1.86. The average molecular weight is 392 g/mol. The number of rotatable bonds is 3. The number of aryl methyl sites for hydroxylation is 2. The van der Waals surface area contributed by atoms with E-state index in [9.17, 15) is 4.39 Å². The van der Waals surface area contributed by atoms with Crippen LogP contribution in [0.3, 0.4) is 0 Å². The van der Waals surface area contributed by atoms with Gasteiger partial charge in [0.25, 0.3) is 0 Å². The van der Waals surface area contributed by atoms with Crippen molar-refractivity contribution < 1.29 is 9.13 Å². The number of hydrogen-bond acceptors (Lipinski definition) is 5. The molecule has 150 valence electrons.